The summed E-state index contributed by atoms with van der Waals surface area (Å²) in [5.41, 5.74) is 0. The molecule has 0 bridgehead atoms. The fourth-order valence-electron chi connectivity index (χ4n) is 12.0. The fourth-order valence-corrected chi connectivity index (χ4v) is 12.0. The molecule has 0 radical (unpaired) electrons. The van der Waals surface area contributed by atoms with Crippen LogP contribution in [0.3, 0.4) is 0 Å². The standard InChI is InChI=1S/C66H125NO18/c1-3-5-7-9-11-13-15-17-18-19-20-21-22-23-24-25-26-27-28-29-30-32-33-35-37-39-41-43-50(71)49(67-54(72)44-42-40-38-36-34-31-16-14-12-10-8-6-4-2)48-80-64-60(78)57(75)62(52(46-69)82-64)85-66-61(79)58(76)63(53(47-70)83-66)84-65-59(77)56(74)55(73)51(45-68)81-65/h14,16,49-53,55-66,68-71,73-79H,3-13,15,17-48H2,1-2H3,(H,67,72)/b16-14-. The summed E-state index contributed by atoms with van der Waals surface area (Å²) in [6.45, 7) is 1.80. The van der Waals surface area contributed by atoms with Crippen LogP contribution in [0.5, 0.6) is 0 Å². The molecule has 0 saturated carbocycles. The number of aliphatic hydroxyl groups excluding tert-OH is 11. The highest BCUT2D eigenvalue weighted by atomic mass is 16.8. The van der Waals surface area contributed by atoms with Crippen molar-refractivity contribution in [3.8, 4) is 0 Å². The fraction of sp³-hybridized carbons (Fsp3) is 0.955. The molecule has 3 aliphatic rings. The summed E-state index contributed by atoms with van der Waals surface area (Å²) >= 11 is 0. The number of hydrogen-bond acceptors (Lipinski definition) is 18. The van der Waals surface area contributed by atoms with Gasteiger partial charge in [-0.2, -0.15) is 0 Å². The molecule has 19 nitrogen and oxygen atoms in total. The van der Waals surface area contributed by atoms with Gasteiger partial charge in [0.25, 0.3) is 0 Å². The van der Waals surface area contributed by atoms with Crippen LogP contribution in [0.25, 0.3) is 0 Å². The molecule has 0 aromatic rings. The van der Waals surface area contributed by atoms with E-state index < -0.39 is 124 Å². The molecular formula is C66H125NO18. The van der Waals surface area contributed by atoms with Crippen molar-refractivity contribution < 1.29 is 89.4 Å². The van der Waals surface area contributed by atoms with E-state index in [0.717, 1.165) is 64.2 Å². The van der Waals surface area contributed by atoms with Crippen molar-refractivity contribution >= 4 is 5.91 Å². The third-order valence-corrected chi connectivity index (χ3v) is 17.6. The first kappa shape index (κ1) is 77.8. The normalized spacial score (nSPS) is 29.0. The minimum atomic E-state index is -1.97. The summed E-state index contributed by atoms with van der Waals surface area (Å²) in [6, 6.07) is -0.888. The summed E-state index contributed by atoms with van der Waals surface area (Å²) in [6.07, 6.45) is 25.9. The lowest BCUT2D eigenvalue weighted by atomic mass is 9.96. The molecule has 19 heteroatoms. The van der Waals surface area contributed by atoms with E-state index in [4.69, 9.17) is 28.4 Å². The van der Waals surface area contributed by atoms with Gasteiger partial charge in [-0.1, -0.05) is 238 Å². The van der Waals surface area contributed by atoms with E-state index in [1.54, 1.807) is 0 Å². The van der Waals surface area contributed by atoms with Crippen LogP contribution in [0.1, 0.15) is 271 Å². The van der Waals surface area contributed by atoms with Crippen molar-refractivity contribution in [1.29, 1.82) is 0 Å². The molecule has 17 atom stereocenters. The van der Waals surface area contributed by atoms with Crippen LogP contribution in [0.4, 0.5) is 0 Å². The zero-order chi connectivity index (χ0) is 61.9. The third-order valence-electron chi connectivity index (χ3n) is 17.6. The molecule has 3 heterocycles. The maximum atomic E-state index is 13.4. The Hall–Kier alpha value is -1.47. The molecular weight excluding hydrogens is 1090 g/mol. The number of ether oxygens (including phenoxy) is 6. The minimum absolute atomic E-state index is 0.249. The second kappa shape index (κ2) is 49.3. The first-order valence-corrected chi connectivity index (χ1v) is 34.4. The Balaban J connectivity index is 1.40. The van der Waals surface area contributed by atoms with Crippen molar-refractivity contribution in [3.05, 3.63) is 12.2 Å². The lowest BCUT2D eigenvalue weighted by molar-refractivity contribution is -0.379. The quantitative estimate of drug-likeness (QED) is 0.0201. The van der Waals surface area contributed by atoms with Crippen LogP contribution < -0.4 is 5.32 Å². The van der Waals surface area contributed by atoms with Gasteiger partial charge in [0.2, 0.25) is 5.91 Å². The Bertz CT molecular complexity index is 1600. The van der Waals surface area contributed by atoms with E-state index in [9.17, 15) is 61.0 Å². The average Bonchev–Trinajstić information content (AvgIpc) is 3.60. The van der Waals surface area contributed by atoms with Crippen molar-refractivity contribution in [2.24, 2.45) is 0 Å². The van der Waals surface area contributed by atoms with Gasteiger partial charge in [0.05, 0.1) is 38.6 Å². The molecule has 3 rings (SSSR count). The SMILES string of the molecule is CCCCCC/C=C\CCCCCCCC(=O)NC(COC1OC(CO)C(OC2OC(CO)C(OC3OC(CO)C(O)C(O)C3O)C(O)C2O)C(O)C1O)C(O)CCCCCCCCCCCCCCCCCCCCCCCCCCCCC. The maximum absolute atomic E-state index is 13.4. The highest BCUT2D eigenvalue weighted by Crippen LogP contribution is 2.33. The molecule has 502 valence electrons. The second-order valence-corrected chi connectivity index (χ2v) is 25.0. The number of nitrogens with one attached hydrogen (secondary N) is 1. The predicted octanol–water partition coefficient (Wildman–Crippen LogP) is 8.50. The molecule has 85 heavy (non-hydrogen) atoms. The van der Waals surface area contributed by atoms with Crippen molar-refractivity contribution in [3.63, 3.8) is 0 Å². The first-order valence-electron chi connectivity index (χ1n) is 34.4. The van der Waals surface area contributed by atoms with Crippen molar-refractivity contribution in [2.75, 3.05) is 26.4 Å². The Morgan fingerprint density at radius 3 is 1.15 bits per heavy atom. The van der Waals surface area contributed by atoms with Crippen LogP contribution in [0.2, 0.25) is 0 Å². The summed E-state index contributed by atoms with van der Waals surface area (Å²) in [7, 11) is 0. The molecule has 17 unspecified atom stereocenters. The molecule has 0 aromatic carbocycles. The minimum Gasteiger partial charge on any atom is -0.394 e. The number of amides is 1. The summed E-state index contributed by atoms with van der Waals surface area (Å²) in [4.78, 5) is 13.4. The molecule has 3 fully saturated rings. The molecule has 1 amide bonds. The second-order valence-electron chi connectivity index (χ2n) is 25.0. The van der Waals surface area contributed by atoms with E-state index in [2.05, 4.69) is 31.3 Å². The monoisotopic (exact) mass is 1220 g/mol. The lowest BCUT2D eigenvalue weighted by Crippen LogP contribution is -2.66. The van der Waals surface area contributed by atoms with E-state index in [0.29, 0.717) is 12.8 Å². The number of carbonyl (C=O) groups is 1. The van der Waals surface area contributed by atoms with Crippen LogP contribution in [-0.4, -0.2) is 193 Å². The summed E-state index contributed by atoms with van der Waals surface area (Å²) in [5, 5.41) is 121. The van der Waals surface area contributed by atoms with Crippen LogP contribution >= 0.6 is 0 Å². The van der Waals surface area contributed by atoms with Gasteiger partial charge in [0, 0.05) is 6.42 Å². The molecule has 3 aliphatic heterocycles. The van der Waals surface area contributed by atoms with E-state index in [1.165, 1.54) is 173 Å². The molecule has 0 spiro atoms. The van der Waals surface area contributed by atoms with Gasteiger partial charge in [-0.3, -0.25) is 4.79 Å². The van der Waals surface area contributed by atoms with E-state index in [1.807, 2.05) is 0 Å². The third kappa shape index (κ3) is 31.9. The number of aliphatic hydroxyl groups is 11. The zero-order valence-electron chi connectivity index (χ0n) is 52.9. The molecule has 3 saturated heterocycles. The average molecular weight is 1220 g/mol. The first-order chi connectivity index (χ1) is 41.3. The van der Waals surface area contributed by atoms with Gasteiger partial charge in [0.1, 0.15) is 73.2 Å². The summed E-state index contributed by atoms with van der Waals surface area (Å²) < 4.78 is 34.4. The Labute approximate surface area is 512 Å². The molecule has 0 aromatic heterocycles. The predicted molar refractivity (Wildman–Crippen MR) is 328 cm³/mol. The highest BCUT2D eigenvalue weighted by molar-refractivity contribution is 5.76. The Morgan fingerprint density at radius 2 is 0.741 bits per heavy atom. The van der Waals surface area contributed by atoms with Gasteiger partial charge < -0.3 is 89.9 Å². The topological polar surface area (TPSA) is 307 Å². The van der Waals surface area contributed by atoms with Gasteiger partial charge in [-0.05, 0) is 38.5 Å². The van der Waals surface area contributed by atoms with Gasteiger partial charge in [-0.25, -0.2) is 0 Å². The Morgan fingerprint density at radius 1 is 0.412 bits per heavy atom. The lowest BCUT2D eigenvalue weighted by Gasteiger charge is -2.48. The van der Waals surface area contributed by atoms with E-state index in [-0.39, 0.29) is 18.9 Å². The van der Waals surface area contributed by atoms with Crippen LogP contribution in [0, 0.1) is 0 Å². The molecule has 0 aliphatic carbocycles. The van der Waals surface area contributed by atoms with Crippen LogP contribution in [0.15, 0.2) is 12.2 Å². The van der Waals surface area contributed by atoms with E-state index >= 15 is 0 Å². The zero-order valence-corrected chi connectivity index (χ0v) is 52.9. The van der Waals surface area contributed by atoms with Crippen LogP contribution in [-0.2, 0) is 33.2 Å². The number of rotatable bonds is 53. The number of hydrogen-bond donors (Lipinski definition) is 12. The van der Waals surface area contributed by atoms with Gasteiger partial charge >= 0.3 is 0 Å². The maximum Gasteiger partial charge on any atom is 0.220 e. The number of carbonyl (C=O) groups excluding carboxylic acids is 1. The molecule has 12 N–H and O–H groups in total. The van der Waals surface area contributed by atoms with Crippen molar-refractivity contribution in [2.45, 2.75) is 375 Å². The largest absolute Gasteiger partial charge is 0.394 e. The summed E-state index contributed by atoms with van der Waals surface area (Å²) in [5.74, 6) is -0.249. The number of unbranched alkanes of at least 4 members (excludes halogenated alkanes) is 35. The number of allylic oxidation sites excluding steroid dienone is 2. The van der Waals surface area contributed by atoms with Crippen molar-refractivity contribution in [1.82, 2.24) is 5.32 Å². The Kier molecular flexibility index (Phi) is 45.1. The smallest absolute Gasteiger partial charge is 0.220 e. The van der Waals surface area contributed by atoms with Gasteiger partial charge in [0.15, 0.2) is 18.9 Å². The van der Waals surface area contributed by atoms with Gasteiger partial charge in [-0.15, -0.1) is 0 Å². The highest BCUT2D eigenvalue weighted by Gasteiger charge is 2.53.